The largest absolute Gasteiger partial charge is 0.329 e. The van der Waals surface area contributed by atoms with E-state index >= 15 is 0 Å². The molecule has 0 bridgehead atoms. The summed E-state index contributed by atoms with van der Waals surface area (Å²) < 4.78 is 1.79. The van der Waals surface area contributed by atoms with Crippen molar-refractivity contribution in [1.29, 1.82) is 0 Å². The van der Waals surface area contributed by atoms with Gasteiger partial charge in [0.1, 0.15) is 0 Å². The molecule has 1 heterocycles. The molecule has 4 nitrogen and oxygen atoms in total. The molecule has 2 N–H and O–H groups in total. The molecule has 0 unspecified atom stereocenters. The molecule has 0 aromatic carbocycles. The fourth-order valence-corrected chi connectivity index (χ4v) is 1.06. The molecule has 0 aliphatic heterocycles. The summed E-state index contributed by atoms with van der Waals surface area (Å²) in [7, 11) is 0. The minimum absolute atomic E-state index is 0.126. The van der Waals surface area contributed by atoms with E-state index in [-0.39, 0.29) is 5.78 Å². The Balaban J connectivity index is 3.02. The Labute approximate surface area is 77.8 Å². The number of ketones is 1. The lowest BCUT2D eigenvalue weighted by molar-refractivity contribution is 0.0898. The summed E-state index contributed by atoms with van der Waals surface area (Å²) in [5.41, 5.74) is 4.84. The third kappa shape index (κ3) is 1.95. The predicted molar refractivity (Wildman–Crippen MR) is 50.5 cm³/mol. The summed E-state index contributed by atoms with van der Waals surface area (Å²) in [6, 6.07) is 0. The van der Waals surface area contributed by atoms with Crippen molar-refractivity contribution in [3.63, 3.8) is 0 Å². The van der Waals surface area contributed by atoms with Gasteiger partial charge in [-0.1, -0.05) is 0 Å². The van der Waals surface area contributed by atoms with Crippen LogP contribution in [0.2, 0.25) is 0 Å². The third-order valence-corrected chi connectivity index (χ3v) is 1.84. The second-order valence-electron chi connectivity index (χ2n) is 3.59. The first kappa shape index (κ1) is 9.92. The van der Waals surface area contributed by atoms with Crippen LogP contribution in [0.4, 0.5) is 0 Å². The number of carbonyl (C=O) groups is 1. The van der Waals surface area contributed by atoms with Crippen molar-refractivity contribution in [3.8, 4) is 0 Å². The van der Waals surface area contributed by atoms with Crippen LogP contribution < -0.4 is 5.73 Å². The number of hydrogen-bond acceptors (Lipinski definition) is 3. The van der Waals surface area contributed by atoms with Gasteiger partial charge in [0, 0.05) is 18.9 Å². The molecule has 1 aromatic rings. The molecule has 0 atom stereocenters. The van der Waals surface area contributed by atoms with Gasteiger partial charge in [-0.05, 0) is 20.8 Å². The van der Waals surface area contributed by atoms with Crippen molar-refractivity contribution in [2.24, 2.45) is 5.73 Å². The number of imidazole rings is 1. The molecule has 0 fully saturated rings. The zero-order valence-corrected chi connectivity index (χ0v) is 8.24. The van der Waals surface area contributed by atoms with Gasteiger partial charge in [0.25, 0.3) is 0 Å². The van der Waals surface area contributed by atoms with Crippen molar-refractivity contribution in [2.75, 3.05) is 0 Å². The zero-order chi connectivity index (χ0) is 10.1. The molecule has 0 radical (unpaired) electrons. The van der Waals surface area contributed by atoms with E-state index in [4.69, 9.17) is 5.73 Å². The van der Waals surface area contributed by atoms with E-state index in [0.717, 1.165) is 6.54 Å². The Hall–Kier alpha value is -1.16. The number of carbonyl (C=O) groups excluding carboxylic acids is 1. The fourth-order valence-electron chi connectivity index (χ4n) is 1.06. The van der Waals surface area contributed by atoms with Crippen LogP contribution in [0.3, 0.4) is 0 Å². The summed E-state index contributed by atoms with van der Waals surface area (Å²) in [6.07, 6.45) is 3.39. The van der Waals surface area contributed by atoms with Crippen LogP contribution in [0, 0.1) is 0 Å². The molecule has 0 saturated heterocycles. The summed E-state index contributed by atoms with van der Waals surface area (Å²) in [6.45, 7) is 6.06. The lowest BCUT2D eigenvalue weighted by Crippen LogP contribution is -2.42. The predicted octanol–water partition coefficient (Wildman–Crippen LogP) is 0.823. The highest BCUT2D eigenvalue weighted by molar-refractivity contribution is 5.99. The normalized spacial score (nSPS) is 11.7. The van der Waals surface area contributed by atoms with E-state index in [1.54, 1.807) is 30.8 Å². The van der Waals surface area contributed by atoms with Crippen LogP contribution in [0.25, 0.3) is 0 Å². The van der Waals surface area contributed by atoms with Gasteiger partial charge in [0.2, 0.25) is 5.78 Å². The van der Waals surface area contributed by atoms with E-state index in [1.807, 2.05) is 6.92 Å². The summed E-state index contributed by atoms with van der Waals surface area (Å²) in [5, 5.41) is 0. The standard InChI is InChI=1S/C9H15N3O/c1-4-12-6-5-11-8(12)7(13)9(2,3)10/h5-6H,4,10H2,1-3H3. The van der Waals surface area contributed by atoms with Gasteiger partial charge in [-0.25, -0.2) is 4.98 Å². The van der Waals surface area contributed by atoms with Crippen LogP contribution in [0.5, 0.6) is 0 Å². The van der Waals surface area contributed by atoms with Gasteiger partial charge in [0.15, 0.2) is 5.82 Å². The fraction of sp³-hybridized carbons (Fsp3) is 0.556. The first-order chi connectivity index (χ1) is 5.96. The first-order valence-electron chi connectivity index (χ1n) is 4.31. The van der Waals surface area contributed by atoms with Gasteiger partial charge >= 0.3 is 0 Å². The third-order valence-electron chi connectivity index (χ3n) is 1.84. The smallest absolute Gasteiger partial charge is 0.217 e. The molecular weight excluding hydrogens is 166 g/mol. The molecule has 0 spiro atoms. The second-order valence-corrected chi connectivity index (χ2v) is 3.59. The Morgan fingerprint density at radius 3 is 2.77 bits per heavy atom. The molecule has 0 aliphatic rings. The van der Waals surface area contributed by atoms with Crippen molar-refractivity contribution in [2.45, 2.75) is 32.9 Å². The maximum Gasteiger partial charge on any atom is 0.217 e. The van der Waals surface area contributed by atoms with E-state index in [2.05, 4.69) is 4.98 Å². The van der Waals surface area contributed by atoms with Gasteiger partial charge < -0.3 is 10.3 Å². The minimum atomic E-state index is -0.849. The monoisotopic (exact) mass is 181 g/mol. The molecule has 0 amide bonds. The first-order valence-corrected chi connectivity index (χ1v) is 4.31. The average molecular weight is 181 g/mol. The molecule has 1 rings (SSSR count). The highest BCUT2D eigenvalue weighted by Crippen LogP contribution is 2.08. The van der Waals surface area contributed by atoms with Gasteiger partial charge in [0.05, 0.1) is 5.54 Å². The Kier molecular flexibility index (Phi) is 2.52. The number of aromatic nitrogens is 2. The Morgan fingerprint density at radius 1 is 1.69 bits per heavy atom. The SMILES string of the molecule is CCn1ccnc1C(=O)C(C)(C)N. The molecule has 13 heavy (non-hydrogen) atoms. The van der Waals surface area contributed by atoms with Crippen molar-refractivity contribution < 1.29 is 4.79 Å². The summed E-state index contributed by atoms with van der Waals surface area (Å²) in [5.74, 6) is 0.314. The minimum Gasteiger partial charge on any atom is -0.329 e. The second kappa shape index (κ2) is 3.30. The lowest BCUT2D eigenvalue weighted by Gasteiger charge is -2.16. The lowest BCUT2D eigenvalue weighted by atomic mass is 10.0. The Bertz CT molecular complexity index is 309. The zero-order valence-electron chi connectivity index (χ0n) is 8.24. The molecule has 0 saturated carbocycles. The Morgan fingerprint density at radius 2 is 2.31 bits per heavy atom. The number of nitrogens with zero attached hydrogens (tertiary/aromatic N) is 2. The number of Topliss-reactive ketones (excluding diaryl/α,β-unsaturated/α-hetero) is 1. The van der Waals surface area contributed by atoms with Crippen LogP contribution in [0.1, 0.15) is 31.4 Å². The summed E-state index contributed by atoms with van der Waals surface area (Å²) >= 11 is 0. The number of hydrogen-bond donors (Lipinski definition) is 1. The van der Waals surface area contributed by atoms with Crippen LogP contribution in [-0.4, -0.2) is 20.9 Å². The van der Waals surface area contributed by atoms with Gasteiger partial charge in [-0.3, -0.25) is 4.79 Å². The van der Waals surface area contributed by atoms with Crippen molar-refractivity contribution in [1.82, 2.24) is 9.55 Å². The van der Waals surface area contributed by atoms with E-state index in [9.17, 15) is 4.79 Å². The highest BCUT2D eigenvalue weighted by atomic mass is 16.1. The van der Waals surface area contributed by atoms with Crippen LogP contribution in [0.15, 0.2) is 12.4 Å². The number of rotatable bonds is 3. The molecular formula is C9H15N3O. The average Bonchev–Trinajstić information content (AvgIpc) is 2.48. The van der Waals surface area contributed by atoms with Crippen molar-refractivity contribution in [3.05, 3.63) is 18.2 Å². The molecule has 0 aliphatic carbocycles. The van der Waals surface area contributed by atoms with Gasteiger partial charge in [-0.15, -0.1) is 0 Å². The number of nitrogens with two attached hydrogens (primary N) is 1. The summed E-state index contributed by atoms with van der Waals surface area (Å²) in [4.78, 5) is 15.7. The van der Waals surface area contributed by atoms with Crippen molar-refractivity contribution >= 4 is 5.78 Å². The van der Waals surface area contributed by atoms with E-state index in [0.29, 0.717) is 5.82 Å². The molecule has 4 heteroatoms. The topological polar surface area (TPSA) is 60.9 Å². The van der Waals surface area contributed by atoms with Crippen LogP contribution >= 0.6 is 0 Å². The maximum atomic E-state index is 11.7. The quantitative estimate of drug-likeness (QED) is 0.702. The number of aryl methyl sites for hydroxylation is 1. The molecule has 72 valence electrons. The van der Waals surface area contributed by atoms with Crippen LogP contribution in [-0.2, 0) is 6.54 Å². The van der Waals surface area contributed by atoms with E-state index < -0.39 is 5.54 Å². The van der Waals surface area contributed by atoms with E-state index in [1.165, 1.54) is 0 Å². The maximum absolute atomic E-state index is 11.7. The highest BCUT2D eigenvalue weighted by Gasteiger charge is 2.26. The molecule has 1 aromatic heterocycles. The van der Waals surface area contributed by atoms with Gasteiger partial charge in [-0.2, -0.15) is 0 Å².